The fraction of sp³-hybridized carbons (Fsp3) is 0.0952. The molecule has 2 aromatic rings. The Balaban J connectivity index is 2.25. The Bertz CT molecular complexity index is 1220. The lowest BCUT2D eigenvalue weighted by atomic mass is 9.98. The molecular formula is C21H15Br2ClN2O3S. The molecule has 0 saturated heterocycles. The first kappa shape index (κ1) is 22.8. The zero-order chi connectivity index (χ0) is 22.1. The molecule has 1 aliphatic carbocycles. The van der Waals surface area contributed by atoms with Gasteiger partial charge in [-0.25, -0.2) is 4.99 Å². The number of carbonyl (C=O) groups excluding carboxylic acids is 1. The van der Waals surface area contributed by atoms with E-state index in [1.165, 1.54) is 12.1 Å². The van der Waals surface area contributed by atoms with Crippen molar-refractivity contribution >= 4 is 70.8 Å². The molecule has 0 radical (unpaired) electrons. The molecule has 0 unspecified atom stereocenters. The van der Waals surface area contributed by atoms with Crippen molar-refractivity contribution in [1.29, 1.82) is 0 Å². The summed E-state index contributed by atoms with van der Waals surface area (Å²) in [4.78, 5) is 16.9. The molecule has 0 N–H and O–H groups in total. The van der Waals surface area contributed by atoms with E-state index in [9.17, 15) is 13.2 Å². The number of carbonyl (C=O) groups is 1. The van der Waals surface area contributed by atoms with Crippen LogP contribution < -0.4 is 0 Å². The van der Waals surface area contributed by atoms with Gasteiger partial charge in [-0.2, -0.15) is 8.42 Å². The van der Waals surface area contributed by atoms with E-state index in [2.05, 4.69) is 41.3 Å². The number of benzene rings is 2. The third-order valence-corrected chi connectivity index (χ3v) is 7.80. The second-order valence-corrected chi connectivity index (χ2v) is 10.0. The van der Waals surface area contributed by atoms with Crippen LogP contribution in [-0.4, -0.2) is 25.7 Å². The van der Waals surface area contributed by atoms with Gasteiger partial charge in [0.25, 0.3) is 10.0 Å². The van der Waals surface area contributed by atoms with Gasteiger partial charge >= 0.3 is 0 Å². The zero-order valence-corrected chi connectivity index (χ0v) is 20.6. The number of sulfonamides is 1. The first-order valence-corrected chi connectivity index (χ1v) is 12.0. The van der Waals surface area contributed by atoms with Gasteiger partial charge in [-0.05, 0) is 82.1 Å². The van der Waals surface area contributed by atoms with Crippen molar-refractivity contribution in [2.75, 3.05) is 0 Å². The number of Topliss-reactive ketones (excluding diaryl/α,β-unsaturated/α-hetero) is 1. The van der Waals surface area contributed by atoms with Crippen LogP contribution in [0.4, 0.5) is 0 Å². The standard InChI is InChI=1S/C21H15Br2ClN2O3S/c1-12-17(22)19(18(23)13(2)20(12)27)25-21(14-8-10-15(24)11-9-14)26-30(28,29)16-6-4-3-5-7-16/h3-11H,1-2H3/b26-21+. The number of amidine groups is 1. The molecule has 0 heterocycles. The first-order chi connectivity index (χ1) is 14.1. The van der Waals surface area contributed by atoms with Gasteiger partial charge in [-0.15, -0.1) is 4.40 Å². The van der Waals surface area contributed by atoms with Gasteiger partial charge in [-0.3, -0.25) is 4.79 Å². The van der Waals surface area contributed by atoms with Gasteiger partial charge in [0.1, 0.15) is 0 Å². The number of hydrogen-bond donors (Lipinski definition) is 0. The van der Waals surface area contributed by atoms with Crippen molar-refractivity contribution in [3.05, 3.63) is 85.3 Å². The van der Waals surface area contributed by atoms with Crippen molar-refractivity contribution < 1.29 is 13.2 Å². The maximum atomic E-state index is 12.9. The largest absolute Gasteiger partial charge is 0.289 e. The average Bonchev–Trinajstić information content (AvgIpc) is 2.74. The van der Waals surface area contributed by atoms with Gasteiger partial charge < -0.3 is 0 Å². The summed E-state index contributed by atoms with van der Waals surface area (Å²) in [6, 6.07) is 14.4. The summed E-state index contributed by atoms with van der Waals surface area (Å²) in [5.41, 5.74) is 1.77. The maximum absolute atomic E-state index is 12.9. The van der Waals surface area contributed by atoms with E-state index in [0.717, 1.165) is 0 Å². The molecule has 154 valence electrons. The summed E-state index contributed by atoms with van der Waals surface area (Å²) in [5, 5.41) is 0.494. The highest BCUT2D eigenvalue weighted by Gasteiger charge is 2.27. The normalized spacial score (nSPS) is 15.7. The van der Waals surface area contributed by atoms with Crippen molar-refractivity contribution in [1.82, 2.24) is 0 Å². The summed E-state index contributed by atoms with van der Waals surface area (Å²) in [6.45, 7) is 3.34. The van der Waals surface area contributed by atoms with Crippen molar-refractivity contribution in [3.8, 4) is 0 Å². The number of halogens is 3. The molecule has 0 aromatic heterocycles. The van der Waals surface area contributed by atoms with Crippen LogP contribution in [-0.2, 0) is 14.8 Å². The molecule has 0 spiro atoms. The van der Waals surface area contributed by atoms with Gasteiger partial charge in [0.2, 0.25) is 0 Å². The summed E-state index contributed by atoms with van der Waals surface area (Å²) in [6.07, 6.45) is 0. The highest BCUT2D eigenvalue weighted by atomic mass is 79.9. The minimum absolute atomic E-state index is 0.0330. The van der Waals surface area contributed by atoms with Crippen LogP contribution in [0.3, 0.4) is 0 Å². The van der Waals surface area contributed by atoms with Gasteiger partial charge in [0.05, 0.1) is 19.6 Å². The van der Waals surface area contributed by atoms with Crippen LogP contribution in [0.5, 0.6) is 0 Å². The number of aliphatic imine (C=N–C) groups is 1. The lowest BCUT2D eigenvalue weighted by Crippen LogP contribution is -2.19. The molecule has 0 saturated carbocycles. The minimum atomic E-state index is -4.02. The van der Waals surface area contributed by atoms with E-state index in [0.29, 0.717) is 36.4 Å². The van der Waals surface area contributed by atoms with Crippen LogP contribution in [0, 0.1) is 0 Å². The predicted octanol–water partition coefficient (Wildman–Crippen LogP) is 5.84. The zero-order valence-electron chi connectivity index (χ0n) is 15.9. The second kappa shape index (κ2) is 9.09. The highest BCUT2D eigenvalue weighted by Crippen LogP contribution is 2.32. The van der Waals surface area contributed by atoms with Crippen LogP contribution in [0.1, 0.15) is 19.4 Å². The number of allylic oxidation sites excluding steroid dienone is 4. The Morgan fingerprint density at radius 2 is 1.43 bits per heavy atom. The summed E-state index contributed by atoms with van der Waals surface area (Å²) in [5.74, 6) is -0.163. The molecule has 9 heteroatoms. The molecule has 1 aliphatic rings. The second-order valence-electron chi connectivity index (χ2n) is 6.38. The maximum Gasteiger partial charge on any atom is 0.284 e. The van der Waals surface area contributed by atoms with E-state index < -0.39 is 10.0 Å². The molecule has 5 nitrogen and oxygen atoms in total. The van der Waals surface area contributed by atoms with Gasteiger partial charge in [0.15, 0.2) is 11.6 Å². The molecular weight excluding hydrogens is 556 g/mol. The smallest absolute Gasteiger partial charge is 0.284 e. The average molecular weight is 571 g/mol. The lowest BCUT2D eigenvalue weighted by molar-refractivity contribution is -0.112. The summed E-state index contributed by atoms with van der Waals surface area (Å²) in [7, 11) is -4.02. The lowest BCUT2D eigenvalue weighted by Gasteiger charge is -2.17. The first-order valence-electron chi connectivity index (χ1n) is 8.64. The van der Waals surface area contributed by atoms with Crippen LogP contribution >= 0.6 is 43.5 Å². The van der Waals surface area contributed by atoms with Crippen LogP contribution in [0.25, 0.3) is 0 Å². The third kappa shape index (κ3) is 4.72. The number of rotatable bonds is 3. The number of ketones is 1. The monoisotopic (exact) mass is 568 g/mol. The molecule has 30 heavy (non-hydrogen) atoms. The van der Waals surface area contributed by atoms with Gasteiger partial charge in [0, 0.05) is 21.7 Å². The Morgan fingerprint density at radius 3 is 1.97 bits per heavy atom. The van der Waals surface area contributed by atoms with E-state index in [4.69, 9.17) is 11.6 Å². The molecule has 0 atom stereocenters. The predicted molar refractivity (Wildman–Crippen MR) is 127 cm³/mol. The Hall–Kier alpha value is -1.87. The van der Waals surface area contributed by atoms with Crippen molar-refractivity contribution in [3.63, 3.8) is 0 Å². The van der Waals surface area contributed by atoms with Crippen LogP contribution in [0.2, 0.25) is 5.02 Å². The molecule has 0 fully saturated rings. The van der Waals surface area contributed by atoms with Gasteiger partial charge in [-0.1, -0.05) is 29.8 Å². The van der Waals surface area contributed by atoms with E-state index in [1.54, 1.807) is 56.3 Å². The molecule has 3 rings (SSSR count). The minimum Gasteiger partial charge on any atom is -0.289 e. The van der Waals surface area contributed by atoms with Crippen molar-refractivity contribution in [2.45, 2.75) is 18.7 Å². The molecule has 2 aromatic carbocycles. The van der Waals surface area contributed by atoms with E-state index in [1.807, 2.05) is 0 Å². The SMILES string of the molecule is CC1=C(Br)C(=N/C(=N/S(=O)(=O)c2ccccc2)c2ccc(Cl)cc2)C(Br)=C(C)C1=O. The fourth-order valence-corrected chi connectivity index (χ4v) is 4.94. The van der Waals surface area contributed by atoms with Crippen molar-refractivity contribution in [2.24, 2.45) is 9.39 Å². The van der Waals surface area contributed by atoms with E-state index >= 15 is 0 Å². The Morgan fingerprint density at radius 1 is 0.900 bits per heavy atom. The number of hydrogen-bond acceptors (Lipinski definition) is 3. The highest BCUT2D eigenvalue weighted by molar-refractivity contribution is 9.13. The van der Waals surface area contributed by atoms with E-state index in [-0.39, 0.29) is 16.5 Å². The summed E-state index contributed by atoms with van der Waals surface area (Å²) < 4.78 is 30.7. The molecule has 0 bridgehead atoms. The molecule has 0 amide bonds. The molecule has 0 aliphatic heterocycles. The fourth-order valence-electron chi connectivity index (χ4n) is 2.63. The Kier molecular flexibility index (Phi) is 6.91. The topological polar surface area (TPSA) is 75.9 Å². The Labute approximate surface area is 196 Å². The van der Waals surface area contributed by atoms with Crippen LogP contribution in [0.15, 0.2) is 89.0 Å². The summed E-state index contributed by atoms with van der Waals surface area (Å²) >= 11 is 12.8. The quantitative estimate of drug-likeness (QED) is 0.265. The number of nitrogens with zero attached hydrogens (tertiary/aromatic N) is 2. The third-order valence-electron chi connectivity index (χ3n) is 4.32.